The number of nitrogens with zero attached hydrogens (tertiary/aromatic N) is 3. The van der Waals surface area contributed by atoms with Crippen LogP contribution < -0.4 is 9.47 Å². The van der Waals surface area contributed by atoms with Gasteiger partial charge in [0.1, 0.15) is 23.0 Å². The van der Waals surface area contributed by atoms with Crippen LogP contribution in [0.4, 0.5) is 5.69 Å². The minimum atomic E-state index is -3.66. The van der Waals surface area contributed by atoms with Crippen LogP contribution in [0.1, 0.15) is 23.6 Å². The van der Waals surface area contributed by atoms with E-state index in [1.54, 1.807) is 28.6 Å². The first kappa shape index (κ1) is 23.4. The van der Waals surface area contributed by atoms with Crippen molar-refractivity contribution in [2.24, 2.45) is 4.99 Å². The first-order valence-corrected chi connectivity index (χ1v) is 13.1. The fourth-order valence-electron chi connectivity index (χ4n) is 4.62. The maximum absolute atomic E-state index is 13.4. The molecular formula is C27H29N3O4S. The Labute approximate surface area is 206 Å². The standard InChI is InChI=1S/C27H29N3O4S/c1-18-9-11-25-23(14-18)27(28-24-10-8-19(2)15-26(24)34-25)29-12-13-30(20(3)17-29)35(31,32)22-7-5-6-21(16-22)33-4/h5-11,14-16,20H,12-13,17H2,1-4H3. The number of aliphatic imine (C=N–C) groups is 1. The highest BCUT2D eigenvalue weighted by Gasteiger charge is 2.36. The van der Waals surface area contributed by atoms with Crippen molar-refractivity contribution in [3.05, 3.63) is 77.4 Å². The van der Waals surface area contributed by atoms with E-state index in [9.17, 15) is 8.42 Å². The Morgan fingerprint density at radius 2 is 1.74 bits per heavy atom. The fraction of sp³-hybridized carbons (Fsp3) is 0.296. The Bertz CT molecular complexity index is 1420. The molecule has 1 unspecified atom stereocenters. The number of benzene rings is 3. The van der Waals surface area contributed by atoms with E-state index >= 15 is 0 Å². The Morgan fingerprint density at radius 3 is 2.51 bits per heavy atom. The summed E-state index contributed by atoms with van der Waals surface area (Å²) >= 11 is 0. The molecule has 0 aliphatic carbocycles. The number of rotatable bonds is 3. The van der Waals surface area contributed by atoms with E-state index in [0.717, 1.165) is 39.7 Å². The van der Waals surface area contributed by atoms with E-state index in [0.29, 0.717) is 25.4 Å². The number of methoxy groups -OCH3 is 1. The maximum Gasteiger partial charge on any atom is 0.243 e. The van der Waals surface area contributed by atoms with Crippen molar-refractivity contribution in [1.82, 2.24) is 9.21 Å². The lowest BCUT2D eigenvalue weighted by atomic mass is 10.1. The number of aryl methyl sites for hydroxylation is 2. The molecule has 1 fully saturated rings. The summed E-state index contributed by atoms with van der Waals surface area (Å²) in [6.45, 7) is 7.38. The number of piperazine rings is 1. The molecule has 2 aliphatic heterocycles. The highest BCUT2D eigenvalue weighted by Crippen LogP contribution is 2.39. The molecule has 0 bridgehead atoms. The number of amidine groups is 1. The predicted octanol–water partition coefficient (Wildman–Crippen LogP) is 4.89. The van der Waals surface area contributed by atoms with Gasteiger partial charge in [-0.15, -0.1) is 0 Å². The van der Waals surface area contributed by atoms with Gasteiger partial charge in [-0.05, 0) is 62.7 Å². The van der Waals surface area contributed by atoms with Crippen LogP contribution in [0, 0.1) is 13.8 Å². The van der Waals surface area contributed by atoms with Crippen LogP contribution >= 0.6 is 0 Å². The van der Waals surface area contributed by atoms with Gasteiger partial charge in [0.2, 0.25) is 10.0 Å². The average molecular weight is 492 g/mol. The Kier molecular flexibility index (Phi) is 6.02. The molecule has 0 radical (unpaired) electrons. The number of hydrogen-bond acceptors (Lipinski definition) is 6. The first-order valence-electron chi connectivity index (χ1n) is 11.7. The molecule has 3 aromatic carbocycles. The molecule has 8 heteroatoms. The van der Waals surface area contributed by atoms with E-state index in [1.165, 1.54) is 7.11 Å². The predicted molar refractivity (Wildman–Crippen MR) is 137 cm³/mol. The van der Waals surface area contributed by atoms with Crippen LogP contribution in [0.3, 0.4) is 0 Å². The van der Waals surface area contributed by atoms with Gasteiger partial charge in [0.15, 0.2) is 5.75 Å². The summed E-state index contributed by atoms with van der Waals surface area (Å²) in [5, 5.41) is 0. The molecule has 7 nitrogen and oxygen atoms in total. The molecule has 0 spiro atoms. The highest BCUT2D eigenvalue weighted by atomic mass is 32.2. The van der Waals surface area contributed by atoms with E-state index in [2.05, 4.69) is 11.0 Å². The Hall–Kier alpha value is -3.36. The van der Waals surface area contributed by atoms with Crippen LogP contribution in [0.2, 0.25) is 0 Å². The maximum atomic E-state index is 13.4. The zero-order valence-electron chi connectivity index (χ0n) is 20.4. The lowest BCUT2D eigenvalue weighted by Gasteiger charge is -2.40. The summed E-state index contributed by atoms with van der Waals surface area (Å²) < 4.78 is 40.0. The molecule has 0 amide bonds. The molecule has 35 heavy (non-hydrogen) atoms. The van der Waals surface area contributed by atoms with E-state index in [1.807, 2.05) is 51.1 Å². The summed E-state index contributed by atoms with van der Waals surface area (Å²) in [5.74, 6) is 2.79. The summed E-state index contributed by atoms with van der Waals surface area (Å²) in [4.78, 5) is 7.43. The van der Waals surface area contributed by atoms with Crippen LogP contribution in [0.5, 0.6) is 17.2 Å². The third kappa shape index (κ3) is 4.39. The van der Waals surface area contributed by atoms with E-state index in [-0.39, 0.29) is 10.9 Å². The van der Waals surface area contributed by atoms with Gasteiger partial charge >= 0.3 is 0 Å². The van der Waals surface area contributed by atoms with Gasteiger partial charge in [0.05, 0.1) is 17.6 Å². The second kappa shape index (κ2) is 9.02. The summed E-state index contributed by atoms with van der Waals surface area (Å²) in [6, 6.07) is 18.4. The summed E-state index contributed by atoms with van der Waals surface area (Å²) in [5.41, 5.74) is 3.88. The van der Waals surface area contributed by atoms with Gasteiger partial charge in [-0.1, -0.05) is 23.8 Å². The van der Waals surface area contributed by atoms with Gasteiger partial charge < -0.3 is 14.4 Å². The molecule has 2 aliphatic rings. The van der Waals surface area contributed by atoms with Crippen molar-refractivity contribution < 1.29 is 17.9 Å². The second-order valence-electron chi connectivity index (χ2n) is 9.10. The normalized spacial score (nSPS) is 18.1. The monoisotopic (exact) mass is 491 g/mol. The lowest BCUT2D eigenvalue weighted by molar-refractivity contribution is 0.205. The quantitative estimate of drug-likeness (QED) is 0.522. The lowest BCUT2D eigenvalue weighted by Crippen LogP contribution is -2.55. The second-order valence-corrected chi connectivity index (χ2v) is 11.0. The van der Waals surface area contributed by atoms with Crippen molar-refractivity contribution in [1.29, 1.82) is 0 Å². The van der Waals surface area contributed by atoms with Gasteiger partial charge in [0.25, 0.3) is 0 Å². The van der Waals surface area contributed by atoms with Crippen LogP contribution in [0.25, 0.3) is 0 Å². The number of hydrogen-bond donors (Lipinski definition) is 0. The zero-order valence-corrected chi connectivity index (χ0v) is 21.2. The third-order valence-corrected chi connectivity index (χ3v) is 8.46. The number of sulfonamides is 1. The van der Waals surface area contributed by atoms with Crippen LogP contribution in [0.15, 0.2) is 70.6 Å². The van der Waals surface area contributed by atoms with Crippen LogP contribution in [-0.2, 0) is 10.0 Å². The minimum Gasteiger partial charge on any atom is -0.497 e. The van der Waals surface area contributed by atoms with Crippen molar-refractivity contribution in [3.8, 4) is 17.2 Å². The van der Waals surface area contributed by atoms with Crippen LogP contribution in [-0.4, -0.2) is 56.2 Å². The molecule has 3 aromatic rings. The summed E-state index contributed by atoms with van der Waals surface area (Å²) in [6.07, 6.45) is 0. The SMILES string of the molecule is COc1cccc(S(=O)(=O)N2CCN(C3=Nc4ccc(C)cc4Oc4ccc(C)cc43)CC2C)c1. The smallest absolute Gasteiger partial charge is 0.243 e. The molecule has 0 N–H and O–H groups in total. The number of ether oxygens (including phenoxy) is 2. The Morgan fingerprint density at radius 1 is 0.971 bits per heavy atom. The largest absolute Gasteiger partial charge is 0.497 e. The average Bonchev–Trinajstić information content (AvgIpc) is 3.00. The minimum absolute atomic E-state index is 0.239. The van der Waals surface area contributed by atoms with Crippen molar-refractivity contribution in [2.45, 2.75) is 31.7 Å². The molecule has 1 atom stereocenters. The summed E-state index contributed by atoms with van der Waals surface area (Å²) in [7, 11) is -2.13. The third-order valence-electron chi connectivity index (χ3n) is 6.45. The Balaban J connectivity index is 1.48. The first-order chi connectivity index (χ1) is 16.8. The molecular weight excluding hydrogens is 462 g/mol. The van der Waals surface area contributed by atoms with E-state index < -0.39 is 10.0 Å². The zero-order chi connectivity index (χ0) is 24.7. The number of fused-ring (bicyclic) bond motifs is 2. The molecule has 5 rings (SSSR count). The molecule has 0 aromatic heterocycles. The van der Waals surface area contributed by atoms with Gasteiger partial charge in [-0.3, -0.25) is 0 Å². The highest BCUT2D eigenvalue weighted by molar-refractivity contribution is 7.89. The van der Waals surface area contributed by atoms with Gasteiger partial charge in [0, 0.05) is 31.7 Å². The van der Waals surface area contributed by atoms with Crippen molar-refractivity contribution in [2.75, 3.05) is 26.7 Å². The molecule has 0 saturated carbocycles. The molecule has 1 saturated heterocycles. The van der Waals surface area contributed by atoms with E-state index in [4.69, 9.17) is 14.5 Å². The molecule has 182 valence electrons. The topological polar surface area (TPSA) is 71.4 Å². The van der Waals surface area contributed by atoms with Gasteiger partial charge in [-0.2, -0.15) is 4.31 Å². The van der Waals surface area contributed by atoms with Crippen molar-refractivity contribution >= 4 is 21.5 Å². The van der Waals surface area contributed by atoms with Crippen molar-refractivity contribution in [3.63, 3.8) is 0 Å². The van der Waals surface area contributed by atoms with Gasteiger partial charge in [-0.25, -0.2) is 13.4 Å². The molecule has 2 heterocycles. The fourth-order valence-corrected chi connectivity index (χ4v) is 6.27.